The van der Waals surface area contributed by atoms with Gasteiger partial charge in [-0.3, -0.25) is 0 Å². The molecule has 0 aliphatic heterocycles. The van der Waals surface area contributed by atoms with E-state index in [0.29, 0.717) is 12.1 Å². The second kappa shape index (κ2) is 5.85. The normalized spacial score (nSPS) is 23.8. The first kappa shape index (κ1) is 14.2. The molecule has 1 saturated carbocycles. The van der Waals surface area contributed by atoms with Crippen molar-refractivity contribution in [2.75, 3.05) is 11.1 Å². The van der Waals surface area contributed by atoms with Crippen LogP contribution in [0, 0.1) is 12.8 Å². The van der Waals surface area contributed by atoms with Crippen LogP contribution in [0.15, 0.2) is 0 Å². The number of rotatable bonds is 4. The number of hydrogen-bond acceptors (Lipinski definition) is 3. The van der Waals surface area contributed by atoms with Crippen LogP contribution in [-0.2, 0) is 0 Å². The van der Waals surface area contributed by atoms with Gasteiger partial charge in [0.05, 0.1) is 11.4 Å². The van der Waals surface area contributed by atoms with Crippen LogP contribution >= 0.6 is 0 Å². The van der Waals surface area contributed by atoms with Crippen LogP contribution in [0.2, 0.25) is 0 Å². The van der Waals surface area contributed by atoms with Gasteiger partial charge in [-0.05, 0) is 39.5 Å². The van der Waals surface area contributed by atoms with Crippen molar-refractivity contribution >= 4 is 11.5 Å². The van der Waals surface area contributed by atoms with E-state index in [1.807, 2.05) is 11.6 Å². The maximum Gasteiger partial charge on any atom is 0.148 e. The zero-order valence-electron chi connectivity index (χ0n) is 12.7. The number of aromatic nitrogens is 2. The van der Waals surface area contributed by atoms with Crippen molar-refractivity contribution in [1.82, 2.24) is 9.78 Å². The van der Waals surface area contributed by atoms with E-state index in [1.165, 1.54) is 32.1 Å². The standard InChI is InChI=1S/C15H28N4/c1-5-12-8-6-7-9-13(12)17-15-14(16)11(4)18-19(15)10(2)3/h10,12-13,17H,5-9,16H2,1-4H3. The summed E-state index contributed by atoms with van der Waals surface area (Å²) < 4.78 is 2.03. The Kier molecular flexibility index (Phi) is 4.38. The Morgan fingerprint density at radius 1 is 1.37 bits per heavy atom. The largest absolute Gasteiger partial charge is 0.394 e. The molecular formula is C15H28N4. The van der Waals surface area contributed by atoms with Gasteiger partial charge in [-0.1, -0.05) is 26.2 Å². The lowest BCUT2D eigenvalue weighted by Gasteiger charge is -2.32. The summed E-state index contributed by atoms with van der Waals surface area (Å²) in [6.07, 6.45) is 6.52. The summed E-state index contributed by atoms with van der Waals surface area (Å²) in [7, 11) is 0. The average molecular weight is 264 g/mol. The van der Waals surface area contributed by atoms with Gasteiger partial charge < -0.3 is 11.1 Å². The summed E-state index contributed by atoms with van der Waals surface area (Å²) in [5, 5.41) is 8.25. The van der Waals surface area contributed by atoms with Gasteiger partial charge in [0.25, 0.3) is 0 Å². The fourth-order valence-electron chi connectivity index (χ4n) is 3.14. The third-order valence-corrected chi connectivity index (χ3v) is 4.38. The average Bonchev–Trinajstić information content (AvgIpc) is 2.68. The minimum atomic E-state index is 0.335. The number of hydrogen-bond donors (Lipinski definition) is 2. The van der Waals surface area contributed by atoms with Crippen molar-refractivity contribution in [2.45, 2.75) is 71.9 Å². The van der Waals surface area contributed by atoms with Crippen molar-refractivity contribution in [3.05, 3.63) is 5.69 Å². The number of nitrogens with zero attached hydrogens (tertiary/aromatic N) is 2. The van der Waals surface area contributed by atoms with E-state index in [1.54, 1.807) is 0 Å². The Labute approximate surface area is 116 Å². The summed E-state index contributed by atoms with van der Waals surface area (Å²) in [4.78, 5) is 0. The van der Waals surface area contributed by atoms with Crippen LogP contribution in [0.5, 0.6) is 0 Å². The molecule has 1 fully saturated rings. The topological polar surface area (TPSA) is 55.9 Å². The molecule has 0 spiro atoms. The summed E-state index contributed by atoms with van der Waals surface area (Å²) in [6.45, 7) is 8.57. The van der Waals surface area contributed by atoms with Crippen molar-refractivity contribution < 1.29 is 0 Å². The second-order valence-electron chi connectivity index (χ2n) is 6.09. The molecule has 0 amide bonds. The van der Waals surface area contributed by atoms with Gasteiger partial charge in [0.2, 0.25) is 0 Å². The molecular weight excluding hydrogens is 236 g/mol. The summed E-state index contributed by atoms with van der Waals surface area (Å²) in [6, 6.07) is 0.886. The molecule has 4 nitrogen and oxygen atoms in total. The highest BCUT2D eigenvalue weighted by Crippen LogP contribution is 2.33. The number of anilines is 2. The predicted molar refractivity (Wildman–Crippen MR) is 81.4 cm³/mol. The van der Waals surface area contributed by atoms with E-state index in [-0.39, 0.29) is 0 Å². The molecule has 2 atom stereocenters. The van der Waals surface area contributed by atoms with Crippen molar-refractivity contribution in [2.24, 2.45) is 5.92 Å². The summed E-state index contributed by atoms with van der Waals surface area (Å²) in [5.41, 5.74) is 7.94. The molecule has 0 saturated heterocycles. The minimum absolute atomic E-state index is 0.335. The first-order chi connectivity index (χ1) is 9.04. The Balaban J connectivity index is 2.22. The third-order valence-electron chi connectivity index (χ3n) is 4.38. The van der Waals surface area contributed by atoms with E-state index in [4.69, 9.17) is 5.73 Å². The van der Waals surface area contributed by atoms with Gasteiger partial charge >= 0.3 is 0 Å². The first-order valence-electron chi connectivity index (χ1n) is 7.65. The number of aryl methyl sites for hydroxylation is 1. The van der Waals surface area contributed by atoms with E-state index in [0.717, 1.165) is 23.1 Å². The smallest absolute Gasteiger partial charge is 0.148 e. The molecule has 1 heterocycles. The molecule has 4 heteroatoms. The highest BCUT2D eigenvalue weighted by atomic mass is 15.4. The Morgan fingerprint density at radius 2 is 2.05 bits per heavy atom. The van der Waals surface area contributed by atoms with Crippen molar-refractivity contribution in [3.63, 3.8) is 0 Å². The molecule has 2 rings (SSSR count). The fraction of sp³-hybridized carbons (Fsp3) is 0.800. The molecule has 1 aromatic rings. The van der Waals surface area contributed by atoms with E-state index in [9.17, 15) is 0 Å². The van der Waals surface area contributed by atoms with E-state index in [2.05, 4.69) is 31.2 Å². The Hall–Kier alpha value is -1.19. The first-order valence-corrected chi connectivity index (χ1v) is 7.65. The highest BCUT2D eigenvalue weighted by molar-refractivity contribution is 5.65. The third kappa shape index (κ3) is 2.88. The molecule has 19 heavy (non-hydrogen) atoms. The molecule has 0 aromatic carbocycles. The van der Waals surface area contributed by atoms with Crippen LogP contribution < -0.4 is 11.1 Å². The van der Waals surface area contributed by atoms with Gasteiger partial charge in [-0.15, -0.1) is 0 Å². The quantitative estimate of drug-likeness (QED) is 0.871. The number of nitrogens with two attached hydrogens (primary N) is 1. The molecule has 108 valence electrons. The fourth-order valence-corrected chi connectivity index (χ4v) is 3.14. The monoisotopic (exact) mass is 264 g/mol. The van der Waals surface area contributed by atoms with Gasteiger partial charge in [-0.2, -0.15) is 5.10 Å². The molecule has 3 N–H and O–H groups in total. The van der Waals surface area contributed by atoms with Crippen LogP contribution in [0.1, 0.15) is 64.6 Å². The van der Waals surface area contributed by atoms with Crippen LogP contribution in [0.4, 0.5) is 11.5 Å². The summed E-state index contributed by atoms with van der Waals surface area (Å²) in [5.74, 6) is 1.79. The van der Waals surface area contributed by atoms with Gasteiger partial charge in [-0.25, -0.2) is 4.68 Å². The zero-order valence-corrected chi connectivity index (χ0v) is 12.7. The molecule has 0 radical (unpaired) electrons. The minimum Gasteiger partial charge on any atom is -0.394 e. The number of nitrogen functional groups attached to an aromatic ring is 1. The molecule has 2 unspecified atom stereocenters. The zero-order chi connectivity index (χ0) is 14.0. The van der Waals surface area contributed by atoms with Crippen molar-refractivity contribution in [1.29, 1.82) is 0 Å². The maximum atomic E-state index is 6.20. The molecule has 1 aliphatic carbocycles. The lowest BCUT2D eigenvalue weighted by Crippen LogP contribution is -2.33. The van der Waals surface area contributed by atoms with E-state index >= 15 is 0 Å². The summed E-state index contributed by atoms with van der Waals surface area (Å²) >= 11 is 0. The second-order valence-corrected chi connectivity index (χ2v) is 6.09. The van der Waals surface area contributed by atoms with Gasteiger partial charge in [0, 0.05) is 12.1 Å². The molecule has 1 aliphatic rings. The van der Waals surface area contributed by atoms with Crippen LogP contribution in [-0.4, -0.2) is 15.8 Å². The Morgan fingerprint density at radius 3 is 2.68 bits per heavy atom. The van der Waals surface area contributed by atoms with Crippen molar-refractivity contribution in [3.8, 4) is 0 Å². The maximum absolute atomic E-state index is 6.20. The predicted octanol–water partition coefficient (Wildman–Crippen LogP) is 3.74. The Bertz CT molecular complexity index is 422. The van der Waals surface area contributed by atoms with Gasteiger partial charge in [0.15, 0.2) is 0 Å². The lowest BCUT2D eigenvalue weighted by atomic mass is 9.83. The van der Waals surface area contributed by atoms with E-state index < -0.39 is 0 Å². The molecule has 0 bridgehead atoms. The molecule has 1 aromatic heterocycles. The highest BCUT2D eigenvalue weighted by Gasteiger charge is 2.26. The lowest BCUT2D eigenvalue weighted by molar-refractivity contribution is 0.315. The van der Waals surface area contributed by atoms with Gasteiger partial charge in [0.1, 0.15) is 5.82 Å². The SMILES string of the molecule is CCC1CCCCC1Nc1c(N)c(C)nn1C(C)C. The van der Waals surface area contributed by atoms with Crippen LogP contribution in [0.3, 0.4) is 0 Å². The number of nitrogens with one attached hydrogen (secondary N) is 1. The van der Waals surface area contributed by atoms with Crippen LogP contribution in [0.25, 0.3) is 0 Å².